The number of aromatic amines is 1. The van der Waals surface area contributed by atoms with Gasteiger partial charge < -0.3 is 15.6 Å². The van der Waals surface area contributed by atoms with E-state index in [4.69, 9.17) is 5.73 Å². The van der Waals surface area contributed by atoms with E-state index in [1.807, 2.05) is 47.6 Å². The number of fused-ring (bicyclic) bond motifs is 1. The molecular formula is C18H27ClN4O2. The van der Waals surface area contributed by atoms with Crippen LogP contribution in [0.15, 0.2) is 29.1 Å². The lowest BCUT2D eigenvalue weighted by Gasteiger charge is -2.37. The number of likely N-dealkylation sites (tertiary alicyclic amines) is 1. The summed E-state index contributed by atoms with van der Waals surface area (Å²) in [7, 11) is 0. The van der Waals surface area contributed by atoms with Crippen LogP contribution in [0.2, 0.25) is 0 Å². The summed E-state index contributed by atoms with van der Waals surface area (Å²) in [5, 5.41) is 0. The normalized spacial score (nSPS) is 18.0. The van der Waals surface area contributed by atoms with Crippen molar-refractivity contribution in [3.05, 3.63) is 34.7 Å². The van der Waals surface area contributed by atoms with Gasteiger partial charge in [0.05, 0.1) is 16.6 Å². The number of rotatable bonds is 4. The molecule has 1 saturated heterocycles. The smallest absolute Gasteiger partial charge is 0.326 e. The molecule has 1 aliphatic rings. The lowest BCUT2D eigenvalue weighted by molar-refractivity contribution is -0.138. The zero-order chi connectivity index (χ0) is 17.3. The highest BCUT2D eigenvalue weighted by Gasteiger charge is 2.34. The molecule has 2 heterocycles. The van der Waals surface area contributed by atoms with Crippen LogP contribution in [0.3, 0.4) is 0 Å². The summed E-state index contributed by atoms with van der Waals surface area (Å²) < 4.78 is 1.84. The quantitative estimate of drug-likeness (QED) is 0.871. The number of hydrogen-bond acceptors (Lipinski definition) is 3. The Balaban J connectivity index is 0.00000225. The van der Waals surface area contributed by atoms with Gasteiger partial charge in [-0.1, -0.05) is 25.5 Å². The molecule has 0 saturated carbocycles. The minimum absolute atomic E-state index is 0. The molecule has 1 fully saturated rings. The maximum atomic E-state index is 12.6. The Morgan fingerprint density at radius 3 is 2.60 bits per heavy atom. The van der Waals surface area contributed by atoms with Gasteiger partial charge in [0, 0.05) is 19.1 Å². The topological polar surface area (TPSA) is 84.1 Å². The van der Waals surface area contributed by atoms with Crippen LogP contribution in [0.5, 0.6) is 0 Å². The fourth-order valence-corrected chi connectivity index (χ4v) is 3.75. The Morgan fingerprint density at radius 1 is 1.32 bits per heavy atom. The molecule has 0 bridgehead atoms. The SMILES string of the molecule is CCCC(C)(N)C(=O)N1CCC(n2c(=O)[nH]c3ccccc32)CC1.Cl. The molecular weight excluding hydrogens is 340 g/mol. The Labute approximate surface area is 153 Å². The van der Waals surface area contributed by atoms with Crippen molar-refractivity contribution in [2.45, 2.75) is 51.1 Å². The first-order valence-electron chi connectivity index (χ1n) is 8.71. The van der Waals surface area contributed by atoms with Crippen molar-refractivity contribution < 1.29 is 4.79 Å². The van der Waals surface area contributed by atoms with Gasteiger partial charge in [-0.15, -0.1) is 12.4 Å². The van der Waals surface area contributed by atoms with Gasteiger partial charge in [-0.25, -0.2) is 4.79 Å². The third-order valence-electron chi connectivity index (χ3n) is 5.00. The van der Waals surface area contributed by atoms with E-state index in [9.17, 15) is 9.59 Å². The second-order valence-corrected chi connectivity index (χ2v) is 7.01. The van der Waals surface area contributed by atoms with Crippen LogP contribution in [-0.2, 0) is 4.79 Å². The van der Waals surface area contributed by atoms with Gasteiger partial charge >= 0.3 is 5.69 Å². The Kier molecular flexibility index (Phi) is 5.95. The van der Waals surface area contributed by atoms with Gasteiger partial charge in [-0.3, -0.25) is 9.36 Å². The van der Waals surface area contributed by atoms with E-state index >= 15 is 0 Å². The molecule has 0 spiro atoms. The van der Waals surface area contributed by atoms with Gasteiger partial charge in [-0.05, 0) is 38.3 Å². The molecule has 6 nitrogen and oxygen atoms in total. The minimum atomic E-state index is -0.792. The number of para-hydroxylation sites is 2. The first-order chi connectivity index (χ1) is 11.4. The van der Waals surface area contributed by atoms with Crippen molar-refractivity contribution in [1.82, 2.24) is 14.5 Å². The van der Waals surface area contributed by atoms with Gasteiger partial charge in [0.2, 0.25) is 5.91 Å². The largest absolute Gasteiger partial charge is 0.341 e. The number of H-pyrrole nitrogens is 1. The molecule has 138 valence electrons. The number of nitrogens with one attached hydrogen (secondary N) is 1. The molecule has 25 heavy (non-hydrogen) atoms. The van der Waals surface area contributed by atoms with E-state index in [0.29, 0.717) is 19.5 Å². The van der Waals surface area contributed by atoms with E-state index in [2.05, 4.69) is 4.98 Å². The fraction of sp³-hybridized carbons (Fsp3) is 0.556. The molecule has 3 N–H and O–H groups in total. The number of carbonyl (C=O) groups is 1. The Morgan fingerprint density at radius 2 is 1.96 bits per heavy atom. The van der Waals surface area contributed by atoms with Crippen molar-refractivity contribution in [2.75, 3.05) is 13.1 Å². The van der Waals surface area contributed by atoms with Crippen molar-refractivity contribution >= 4 is 29.3 Å². The number of carbonyl (C=O) groups excluding carboxylic acids is 1. The molecule has 1 aliphatic heterocycles. The lowest BCUT2D eigenvalue weighted by atomic mass is 9.94. The zero-order valence-corrected chi connectivity index (χ0v) is 15.6. The number of benzene rings is 1. The maximum absolute atomic E-state index is 12.6. The molecule has 3 rings (SSSR count). The zero-order valence-electron chi connectivity index (χ0n) is 14.8. The number of imidazole rings is 1. The highest BCUT2D eigenvalue weighted by atomic mass is 35.5. The van der Waals surface area contributed by atoms with E-state index in [1.54, 1.807) is 0 Å². The Hall–Kier alpha value is -1.79. The van der Waals surface area contributed by atoms with Crippen LogP contribution in [0.4, 0.5) is 0 Å². The third kappa shape index (κ3) is 3.75. The van der Waals surface area contributed by atoms with Crippen LogP contribution in [0.1, 0.15) is 45.6 Å². The molecule has 1 unspecified atom stereocenters. The number of nitrogens with zero attached hydrogens (tertiary/aromatic N) is 2. The van der Waals surface area contributed by atoms with E-state index in [-0.39, 0.29) is 30.0 Å². The van der Waals surface area contributed by atoms with E-state index in [1.165, 1.54) is 0 Å². The molecule has 1 aromatic carbocycles. The molecule has 0 radical (unpaired) electrons. The molecule has 1 aromatic heterocycles. The van der Waals surface area contributed by atoms with Gasteiger partial charge in [0.1, 0.15) is 0 Å². The number of piperidine rings is 1. The predicted octanol–water partition coefficient (Wildman–Crippen LogP) is 2.43. The first kappa shape index (κ1) is 19.5. The average Bonchev–Trinajstić information content (AvgIpc) is 2.90. The van der Waals surface area contributed by atoms with Gasteiger partial charge in [0.25, 0.3) is 0 Å². The molecule has 1 amide bonds. The summed E-state index contributed by atoms with van der Waals surface area (Å²) in [5.41, 5.74) is 7.10. The minimum Gasteiger partial charge on any atom is -0.341 e. The van der Waals surface area contributed by atoms with Crippen LogP contribution >= 0.6 is 12.4 Å². The van der Waals surface area contributed by atoms with Gasteiger partial charge in [-0.2, -0.15) is 0 Å². The number of aromatic nitrogens is 2. The van der Waals surface area contributed by atoms with Crippen molar-refractivity contribution in [3.63, 3.8) is 0 Å². The first-order valence-corrected chi connectivity index (χ1v) is 8.71. The van der Waals surface area contributed by atoms with Crippen LogP contribution in [0, 0.1) is 0 Å². The third-order valence-corrected chi connectivity index (χ3v) is 5.00. The van der Waals surface area contributed by atoms with Crippen LogP contribution in [-0.4, -0.2) is 39.0 Å². The van der Waals surface area contributed by atoms with Crippen molar-refractivity contribution in [1.29, 1.82) is 0 Å². The van der Waals surface area contributed by atoms with Crippen molar-refractivity contribution in [2.24, 2.45) is 5.73 Å². The predicted molar refractivity (Wildman–Crippen MR) is 102 cm³/mol. The second kappa shape index (κ2) is 7.62. The van der Waals surface area contributed by atoms with E-state index in [0.717, 1.165) is 30.3 Å². The van der Waals surface area contributed by atoms with Gasteiger partial charge in [0.15, 0.2) is 0 Å². The highest BCUT2D eigenvalue weighted by molar-refractivity contribution is 5.86. The highest BCUT2D eigenvalue weighted by Crippen LogP contribution is 2.26. The van der Waals surface area contributed by atoms with E-state index < -0.39 is 5.54 Å². The number of halogens is 1. The monoisotopic (exact) mass is 366 g/mol. The molecule has 1 atom stereocenters. The van der Waals surface area contributed by atoms with Crippen LogP contribution in [0.25, 0.3) is 11.0 Å². The summed E-state index contributed by atoms with van der Waals surface area (Å²) in [6.07, 6.45) is 3.12. The summed E-state index contributed by atoms with van der Waals surface area (Å²) >= 11 is 0. The summed E-state index contributed by atoms with van der Waals surface area (Å²) in [4.78, 5) is 29.7. The molecule has 2 aromatic rings. The summed E-state index contributed by atoms with van der Waals surface area (Å²) in [6.45, 7) is 5.14. The summed E-state index contributed by atoms with van der Waals surface area (Å²) in [5.74, 6) is 0.0223. The second-order valence-electron chi connectivity index (χ2n) is 7.01. The molecule has 0 aliphatic carbocycles. The number of amides is 1. The Bertz CT molecular complexity index is 788. The van der Waals surface area contributed by atoms with Crippen molar-refractivity contribution in [3.8, 4) is 0 Å². The lowest BCUT2D eigenvalue weighted by Crippen LogP contribution is -2.55. The number of nitrogens with two attached hydrogens (primary N) is 1. The summed E-state index contributed by atoms with van der Waals surface area (Å²) in [6, 6.07) is 7.85. The van der Waals surface area contributed by atoms with Crippen LogP contribution < -0.4 is 11.4 Å². The number of hydrogen-bond donors (Lipinski definition) is 2. The standard InChI is InChI=1S/C18H26N4O2.ClH/c1-3-10-18(2,19)16(23)21-11-8-13(9-12-21)22-15-7-5-4-6-14(15)20-17(22)24;/h4-7,13H,3,8-12,19H2,1-2H3,(H,20,24);1H. The maximum Gasteiger partial charge on any atom is 0.326 e. The average molecular weight is 367 g/mol. The fourth-order valence-electron chi connectivity index (χ4n) is 3.75. The molecule has 7 heteroatoms.